The monoisotopic (exact) mass is 294 g/mol. The van der Waals surface area contributed by atoms with Crippen molar-refractivity contribution in [2.75, 3.05) is 13.1 Å². The first kappa shape index (κ1) is 15.3. The number of urea groups is 1. The number of aromatic nitrogens is 2. The van der Waals surface area contributed by atoms with E-state index in [2.05, 4.69) is 15.3 Å². The molecule has 1 aliphatic rings. The molecule has 0 aromatic carbocycles. The zero-order chi connectivity index (χ0) is 15.3. The van der Waals surface area contributed by atoms with Crippen LogP contribution in [-0.2, 0) is 11.3 Å². The van der Waals surface area contributed by atoms with Gasteiger partial charge in [-0.3, -0.25) is 4.79 Å². The number of likely N-dealkylation sites (tertiary alicyclic amines) is 1. The van der Waals surface area contributed by atoms with Crippen LogP contribution in [-0.4, -0.2) is 45.1 Å². The summed E-state index contributed by atoms with van der Waals surface area (Å²) in [4.78, 5) is 32.2. The van der Waals surface area contributed by atoms with E-state index in [0.29, 0.717) is 25.9 Å². The molecular formula is C14H22N4O3. The highest BCUT2D eigenvalue weighted by Gasteiger charge is 2.42. The van der Waals surface area contributed by atoms with Crippen molar-refractivity contribution in [3.63, 3.8) is 0 Å². The molecule has 1 atom stereocenters. The highest BCUT2D eigenvalue weighted by atomic mass is 16.4. The molecule has 1 aliphatic heterocycles. The van der Waals surface area contributed by atoms with Gasteiger partial charge < -0.3 is 20.3 Å². The molecule has 3 N–H and O–H groups in total. The summed E-state index contributed by atoms with van der Waals surface area (Å²) in [6.45, 7) is 3.23. The Hall–Kier alpha value is -2.05. The van der Waals surface area contributed by atoms with Gasteiger partial charge in [-0.1, -0.05) is 13.3 Å². The Morgan fingerprint density at radius 2 is 2.38 bits per heavy atom. The van der Waals surface area contributed by atoms with Crippen LogP contribution in [0.3, 0.4) is 0 Å². The third kappa shape index (κ3) is 3.53. The van der Waals surface area contributed by atoms with Gasteiger partial charge in [-0.15, -0.1) is 0 Å². The van der Waals surface area contributed by atoms with E-state index in [4.69, 9.17) is 0 Å². The van der Waals surface area contributed by atoms with Crippen LogP contribution in [0.2, 0.25) is 0 Å². The summed E-state index contributed by atoms with van der Waals surface area (Å²) in [5.41, 5.74) is 0.0247. The Morgan fingerprint density at radius 3 is 3.00 bits per heavy atom. The predicted octanol–water partition coefficient (Wildman–Crippen LogP) is 1.59. The number of aromatic amines is 1. The third-order valence-corrected chi connectivity index (χ3v) is 4.03. The summed E-state index contributed by atoms with van der Waals surface area (Å²) >= 11 is 0. The van der Waals surface area contributed by atoms with E-state index in [1.54, 1.807) is 17.4 Å². The van der Waals surface area contributed by atoms with Gasteiger partial charge in [0, 0.05) is 19.3 Å². The Balaban J connectivity index is 1.96. The second-order valence-electron chi connectivity index (χ2n) is 5.60. The van der Waals surface area contributed by atoms with Crippen molar-refractivity contribution in [1.82, 2.24) is 20.2 Å². The third-order valence-electron chi connectivity index (χ3n) is 4.03. The molecule has 0 spiro atoms. The van der Waals surface area contributed by atoms with Crippen LogP contribution in [0.25, 0.3) is 0 Å². The molecule has 7 nitrogen and oxygen atoms in total. The first-order chi connectivity index (χ1) is 10.1. The Bertz CT molecular complexity index is 484. The van der Waals surface area contributed by atoms with E-state index in [-0.39, 0.29) is 12.6 Å². The Morgan fingerprint density at radius 1 is 1.57 bits per heavy atom. The standard InChI is InChI=1S/C14H22N4O3/c1-2-4-14(12(19)20)5-3-6-18(9-14)13(21)16-8-11-7-15-10-17-11/h7,10H,2-6,8-9H2,1H3,(H,15,17)(H,16,21)(H,19,20). The van der Waals surface area contributed by atoms with Gasteiger partial charge >= 0.3 is 12.0 Å². The quantitative estimate of drug-likeness (QED) is 0.768. The molecule has 1 aromatic rings. The number of carboxylic acids is 1. The molecule has 7 heteroatoms. The number of carboxylic acid groups (broad SMARTS) is 1. The van der Waals surface area contributed by atoms with Gasteiger partial charge in [-0.25, -0.2) is 9.78 Å². The van der Waals surface area contributed by atoms with Crippen LogP contribution < -0.4 is 5.32 Å². The summed E-state index contributed by atoms with van der Waals surface area (Å²) in [6, 6.07) is -0.217. The lowest BCUT2D eigenvalue weighted by Crippen LogP contribution is -2.52. The lowest BCUT2D eigenvalue weighted by Gasteiger charge is -2.39. The van der Waals surface area contributed by atoms with Crippen molar-refractivity contribution in [2.45, 2.75) is 39.2 Å². The van der Waals surface area contributed by atoms with Crippen molar-refractivity contribution in [3.8, 4) is 0 Å². The molecule has 116 valence electrons. The lowest BCUT2D eigenvalue weighted by atomic mass is 9.76. The molecular weight excluding hydrogens is 272 g/mol. The van der Waals surface area contributed by atoms with Crippen molar-refractivity contribution in [1.29, 1.82) is 0 Å². The average Bonchev–Trinajstić information content (AvgIpc) is 2.98. The fraction of sp³-hybridized carbons (Fsp3) is 0.643. The first-order valence-electron chi connectivity index (χ1n) is 7.31. The van der Waals surface area contributed by atoms with Crippen molar-refractivity contribution >= 4 is 12.0 Å². The number of nitrogens with zero attached hydrogens (tertiary/aromatic N) is 2. The van der Waals surface area contributed by atoms with E-state index >= 15 is 0 Å². The number of imidazole rings is 1. The van der Waals surface area contributed by atoms with E-state index in [1.807, 2.05) is 6.92 Å². The summed E-state index contributed by atoms with van der Waals surface area (Å²) in [7, 11) is 0. The number of hydrogen-bond acceptors (Lipinski definition) is 3. The number of carbonyl (C=O) groups excluding carboxylic acids is 1. The maximum absolute atomic E-state index is 12.2. The van der Waals surface area contributed by atoms with Gasteiger partial charge in [0.15, 0.2) is 0 Å². The molecule has 21 heavy (non-hydrogen) atoms. The second-order valence-corrected chi connectivity index (χ2v) is 5.60. The largest absolute Gasteiger partial charge is 0.481 e. The van der Waals surface area contributed by atoms with E-state index in [1.165, 1.54) is 0 Å². The summed E-state index contributed by atoms with van der Waals surface area (Å²) in [5.74, 6) is -0.796. The summed E-state index contributed by atoms with van der Waals surface area (Å²) in [5, 5.41) is 12.3. The van der Waals surface area contributed by atoms with Crippen molar-refractivity contribution in [2.24, 2.45) is 5.41 Å². The van der Waals surface area contributed by atoms with Gasteiger partial charge in [0.25, 0.3) is 0 Å². The van der Waals surface area contributed by atoms with Crippen LogP contribution in [0.1, 0.15) is 38.3 Å². The number of hydrogen-bond donors (Lipinski definition) is 3. The first-order valence-corrected chi connectivity index (χ1v) is 7.31. The number of carbonyl (C=O) groups is 2. The lowest BCUT2D eigenvalue weighted by molar-refractivity contribution is -0.152. The zero-order valence-electron chi connectivity index (χ0n) is 12.3. The normalized spacial score (nSPS) is 22.0. The molecule has 1 fully saturated rings. The van der Waals surface area contributed by atoms with E-state index < -0.39 is 11.4 Å². The van der Waals surface area contributed by atoms with E-state index in [0.717, 1.165) is 18.5 Å². The molecule has 2 amide bonds. The van der Waals surface area contributed by atoms with Gasteiger partial charge in [0.1, 0.15) is 0 Å². The Labute approximate surface area is 123 Å². The van der Waals surface area contributed by atoms with Gasteiger partial charge in [0.2, 0.25) is 0 Å². The smallest absolute Gasteiger partial charge is 0.317 e. The maximum Gasteiger partial charge on any atom is 0.317 e. The number of nitrogens with one attached hydrogen (secondary N) is 2. The average molecular weight is 294 g/mol. The van der Waals surface area contributed by atoms with Crippen molar-refractivity contribution in [3.05, 3.63) is 18.2 Å². The molecule has 0 radical (unpaired) electrons. The Kier molecular flexibility index (Phi) is 4.82. The predicted molar refractivity (Wildman–Crippen MR) is 76.6 cm³/mol. The summed E-state index contributed by atoms with van der Waals surface area (Å²) in [6.07, 6.45) is 5.97. The number of piperidine rings is 1. The minimum atomic E-state index is -0.796. The minimum absolute atomic E-state index is 0.217. The highest BCUT2D eigenvalue weighted by Crippen LogP contribution is 2.35. The number of rotatable bonds is 5. The maximum atomic E-state index is 12.2. The van der Waals surface area contributed by atoms with Crippen LogP contribution in [0.5, 0.6) is 0 Å². The molecule has 2 heterocycles. The zero-order valence-corrected chi connectivity index (χ0v) is 12.3. The molecule has 0 saturated carbocycles. The van der Waals surface area contributed by atoms with E-state index in [9.17, 15) is 14.7 Å². The minimum Gasteiger partial charge on any atom is -0.481 e. The molecule has 0 bridgehead atoms. The second kappa shape index (κ2) is 6.60. The summed E-state index contributed by atoms with van der Waals surface area (Å²) < 4.78 is 0. The van der Waals surface area contributed by atoms with Gasteiger partial charge in [-0.2, -0.15) is 0 Å². The molecule has 1 unspecified atom stereocenters. The molecule has 1 aromatic heterocycles. The van der Waals surface area contributed by atoms with Gasteiger partial charge in [0.05, 0.1) is 24.0 Å². The topological polar surface area (TPSA) is 98.3 Å². The number of H-pyrrole nitrogens is 1. The van der Waals surface area contributed by atoms with Crippen LogP contribution in [0.4, 0.5) is 4.79 Å². The van der Waals surface area contributed by atoms with Gasteiger partial charge in [-0.05, 0) is 19.3 Å². The molecule has 2 rings (SSSR count). The SMILES string of the molecule is CCCC1(C(=O)O)CCCN(C(=O)NCc2cnc[nH]2)C1. The van der Waals surface area contributed by atoms with Crippen LogP contribution >= 0.6 is 0 Å². The van der Waals surface area contributed by atoms with Crippen LogP contribution in [0, 0.1) is 5.41 Å². The fourth-order valence-electron chi connectivity index (χ4n) is 2.93. The van der Waals surface area contributed by atoms with Crippen LogP contribution in [0.15, 0.2) is 12.5 Å². The highest BCUT2D eigenvalue weighted by molar-refractivity contribution is 5.78. The van der Waals surface area contributed by atoms with Crippen molar-refractivity contribution < 1.29 is 14.7 Å². The molecule has 0 aliphatic carbocycles. The number of aliphatic carboxylic acids is 1. The molecule has 1 saturated heterocycles. The fourth-order valence-corrected chi connectivity index (χ4v) is 2.93. The number of amides is 2.